The second kappa shape index (κ2) is 7.38. The van der Waals surface area contributed by atoms with Gasteiger partial charge in [-0.3, -0.25) is 4.79 Å². The molecule has 0 amide bonds. The van der Waals surface area contributed by atoms with Crippen molar-refractivity contribution in [3.63, 3.8) is 0 Å². The molecule has 0 aliphatic carbocycles. The first-order valence-electron chi connectivity index (χ1n) is 6.66. The predicted octanol–water partition coefficient (Wildman–Crippen LogP) is 1.90. The van der Waals surface area contributed by atoms with Gasteiger partial charge in [0.2, 0.25) is 0 Å². The summed E-state index contributed by atoms with van der Waals surface area (Å²) >= 11 is 0. The third-order valence-corrected chi connectivity index (χ3v) is 3.14. The molecule has 1 aromatic rings. The highest BCUT2D eigenvalue weighted by Gasteiger charge is 2.37. The second-order valence-electron chi connectivity index (χ2n) is 4.72. The maximum Gasteiger partial charge on any atom is 0.302 e. The molecule has 1 aromatic carbocycles. The van der Waals surface area contributed by atoms with Crippen molar-refractivity contribution < 1.29 is 23.7 Å². The first-order valence-corrected chi connectivity index (χ1v) is 6.66. The van der Waals surface area contributed by atoms with E-state index in [0.717, 1.165) is 5.56 Å². The van der Waals surface area contributed by atoms with Gasteiger partial charge in [-0.05, 0) is 5.56 Å². The molecule has 1 aliphatic rings. The van der Waals surface area contributed by atoms with Gasteiger partial charge in [-0.1, -0.05) is 30.3 Å². The Morgan fingerprint density at radius 2 is 2.10 bits per heavy atom. The highest BCUT2D eigenvalue weighted by molar-refractivity contribution is 5.66. The fraction of sp³-hybridized carbons (Fsp3) is 0.533. The molecular formula is C15H20O5. The number of rotatable bonds is 6. The van der Waals surface area contributed by atoms with Crippen LogP contribution in [0.15, 0.2) is 30.3 Å². The molecule has 0 saturated carbocycles. The largest absolute Gasteiger partial charge is 0.459 e. The zero-order chi connectivity index (χ0) is 14.4. The highest BCUT2D eigenvalue weighted by Crippen LogP contribution is 2.24. The summed E-state index contributed by atoms with van der Waals surface area (Å²) in [6.07, 6.45) is -0.402. The van der Waals surface area contributed by atoms with E-state index in [0.29, 0.717) is 19.6 Å². The van der Waals surface area contributed by atoms with Gasteiger partial charge in [0.05, 0.1) is 13.2 Å². The number of carbonyl (C=O) groups excluding carboxylic acids is 1. The van der Waals surface area contributed by atoms with Crippen molar-refractivity contribution in [3.05, 3.63) is 35.9 Å². The minimum atomic E-state index is -0.343. The first kappa shape index (κ1) is 15.0. The number of esters is 1. The Balaban J connectivity index is 1.81. The smallest absolute Gasteiger partial charge is 0.302 e. The first-order chi connectivity index (χ1) is 9.69. The zero-order valence-corrected chi connectivity index (χ0v) is 11.8. The topological polar surface area (TPSA) is 54.0 Å². The zero-order valence-electron chi connectivity index (χ0n) is 11.8. The van der Waals surface area contributed by atoms with Crippen molar-refractivity contribution in [2.75, 3.05) is 13.7 Å². The molecule has 1 heterocycles. The molecule has 2 rings (SSSR count). The number of hydrogen-bond acceptors (Lipinski definition) is 5. The van der Waals surface area contributed by atoms with Crippen LogP contribution in [-0.4, -0.2) is 38.2 Å². The SMILES string of the molecule is COC1C[C@@H](OC(C)=O)[C@@H](COCc2ccccc2)O1. The average Bonchev–Trinajstić information content (AvgIpc) is 2.82. The molecule has 20 heavy (non-hydrogen) atoms. The van der Waals surface area contributed by atoms with Crippen LogP contribution in [0.3, 0.4) is 0 Å². The molecule has 0 aromatic heterocycles. The molecule has 0 spiro atoms. The summed E-state index contributed by atoms with van der Waals surface area (Å²) in [5.74, 6) is -0.316. The molecule has 1 aliphatic heterocycles. The standard InChI is InChI=1S/C15H20O5/c1-11(16)19-13-8-15(17-2)20-14(13)10-18-9-12-6-4-3-5-7-12/h3-7,13-15H,8-10H2,1-2H3/t13-,14-,15?/m1/s1. The molecule has 1 fully saturated rings. The van der Waals surface area contributed by atoms with Gasteiger partial charge < -0.3 is 18.9 Å². The summed E-state index contributed by atoms with van der Waals surface area (Å²) in [7, 11) is 1.57. The Morgan fingerprint density at radius 1 is 1.35 bits per heavy atom. The molecule has 5 heteroatoms. The van der Waals surface area contributed by atoms with Crippen molar-refractivity contribution in [1.29, 1.82) is 0 Å². The summed E-state index contributed by atoms with van der Waals surface area (Å²) in [4.78, 5) is 11.1. The molecule has 1 saturated heterocycles. The number of benzene rings is 1. The summed E-state index contributed by atoms with van der Waals surface area (Å²) in [6, 6.07) is 9.89. The molecule has 0 bridgehead atoms. The third-order valence-electron chi connectivity index (χ3n) is 3.14. The molecule has 0 radical (unpaired) electrons. The van der Waals surface area contributed by atoms with E-state index in [1.165, 1.54) is 6.92 Å². The van der Waals surface area contributed by atoms with Crippen LogP contribution >= 0.6 is 0 Å². The fourth-order valence-corrected chi connectivity index (χ4v) is 2.18. The Morgan fingerprint density at radius 3 is 2.75 bits per heavy atom. The van der Waals surface area contributed by atoms with E-state index in [-0.39, 0.29) is 24.5 Å². The lowest BCUT2D eigenvalue weighted by Gasteiger charge is -2.18. The summed E-state index contributed by atoms with van der Waals surface area (Å²) in [5.41, 5.74) is 1.10. The molecule has 3 atom stereocenters. The van der Waals surface area contributed by atoms with E-state index in [2.05, 4.69) is 0 Å². The third kappa shape index (κ3) is 4.30. The van der Waals surface area contributed by atoms with E-state index in [4.69, 9.17) is 18.9 Å². The van der Waals surface area contributed by atoms with Gasteiger partial charge in [0.25, 0.3) is 0 Å². The van der Waals surface area contributed by atoms with Crippen LogP contribution in [0, 0.1) is 0 Å². The van der Waals surface area contributed by atoms with Gasteiger partial charge in [0, 0.05) is 20.5 Å². The van der Waals surface area contributed by atoms with Crippen LogP contribution in [0.4, 0.5) is 0 Å². The van der Waals surface area contributed by atoms with Crippen molar-refractivity contribution in [2.24, 2.45) is 0 Å². The van der Waals surface area contributed by atoms with Crippen LogP contribution in [-0.2, 0) is 30.3 Å². The lowest BCUT2D eigenvalue weighted by molar-refractivity contribution is -0.155. The summed E-state index contributed by atoms with van der Waals surface area (Å²) in [5, 5.41) is 0. The van der Waals surface area contributed by atoms with E-state index in [1.54, 1.807) is 7.11 Å². The Labute approximate surface area is 118 Å². The normalized spacial score (nSPS) is 25.6. The molecular weight excluding hydrogens is 260 g/mol. The van der Waals surface area contributed by atoms with Crippen molar-refractivity contribution >= 4 is 5.97 Å². The fourth-order valence-electron chi connectivity index (χ4n) is 2.18. The minimum Gasteiger partial charge on any atom is -0.459 e. The van der Waals surface area contributed by atoms with Gasteiger partial charge in [0.1, 0.15) is 12.2 Å². The van der Waals surface area contributed by atoms with Crippen LogP contribution in [0.5, 0.6) is 0 Å². The van der Waals surface area contributed by atoms with Crippen molar-refractivity contribution in [2.45, 2.75) is 38.4 Å². The Kier molecular flexibility index (Phi) is 5.52. The summed E-state index contributed by atoms with van der Waals surface area (Å²) in [6.45, 7) is 2.26. The van der Waals surface area contributed by atoms with Crippen LogP contribution in [0.2, 0.25) is 0 Å². The van der Waals surface area contributed by atoms with E-state index in [9.17, 15) is 4.79 Å². The molecule has 5 nitrogen and oxygen atoms in total. The van der Waals surface area contributed by atoms with E-state index in [1.807, 2.05) is 30.3 Å². The van der Waals surface area contributed by atoms with E-state index >= 15 is 0 Å². The lowest BCUT2D eigenvalue weighted by atomic mass is 10.2. The monoisotopic (exact) mass is 280 g/mol. The number of methoxy groups -OCH3 is 1. The summed E-state index contributed by atoms with van der Waals surface area (Å²) < 4.78 is 21.7. The number of carbonyl (C=O) groups is 1. The van der Waals surface area contributed by atoms with Crippen LogP contribution < -0.4 is 0 Å². The second-order valence-corrected chi connectivity index (χ2v) is 4.72. The maximum atomic E-state index is 11.1. The predicted molar refractivity (Wildman–Crippen MR) is 71.9 cm³/mol. The quantitative estimate of drug-likeness (QED) is 0.745. The van der Waals surface area contributed by atoms with Crippen LogP contribution in [0.25, 0.3) is 0 Å². The van der Waals surface area contributed by atoms with Gasteiger partial charge in [-0.25, -0.2) is 0 Å². The van der Waals surface area contributed by atoms with Gasteiger partial charge >= 0.3 is 5.97 Å². The molecule has 0 N–H and O–H groups in total. The molecule has 110 valence electrons. The highest BCUT2D eigenvalue weighted by atomic mass is 16.7. The number of ether oxygens (including phenoxy) is 4. The molecule has 1 unspecified atom stereocenters. The Hall–Kier alpha value is -1.43. The van der Waals surface area contributed by atoms with Crippen LogP contribution in [0.1, 0.15) is 18.9 Å². The Bertz CT molecular complexity index is 420. The average molecular weight is 280 g/mol. The minimum absolute atomic E-state index is 0.285. The van der Waals surface area contributed by atoms with Crippen molar-refractivity contribution in [3.8, 4) is 0 Å². The van der Waals surface area contributed by atoms with E-state index < -0.39 is 0 Å². The van der Waals surface area contributed by atoms with Crippen molar-refractivity contribution in [1.82, 2.24) is 0 Å². The van der Waals surface area contributed by atoms with Gasteiger partial charge in [0.15, 0.2) is 6.29 Å². The number of hydrogen-bond donors (Lipinski definition) is 0. The van der Waals surface area contributed by atoms with Gasteiger partial charge in [-0.15, -0.1) is 0 Å². The van der Waals surface area contributed by atoms with Gasteiger partial charge in [-0.2, -0.15) is 0 Å². The maximum absolute atomic E-state index is 11.1. The lowest BCUT2D eigenvalue weighted by Crippen LogP contribution is -2.30.